The van der Waals surface area contributed by atoms with Crippen LogP contribution in [0.15, 0.2) is 54.6 Å². The molecule has 0 radical (unpaired) electrons. The highest BCUT2D eigenvalue weighted by Gasteiger charge is 2.27. The van der Waals surface area contributed by atoms with Gasteiger partial charge in [0.2, 0.25) is 0 Å². The number of likely N-dealkylation sites (N-methyl/N-ethyl adjacent to an activating group) is 1. The molecule has 1 aliphatic rings. The molecule has 0 aliphatic carbocycles. The Balaban J connectivity index is 1.62. The van der Waals surface area contributed by atoms with E-state index >= 15 is 0 Å². The first-order chi connectivity index (χ1) is 15.5. The average molecular weight is 434 g/mol. The summed E-state index contributed by atoms with van der Waals surface area (Å²) < 4.78 is 16.8. The molecule has 0 saturated heterocycles. The lowest BCUT2D eigenvalue weighted by Crippen LogP contribution is -2.33. The van der Waals surface area contributed by atoms with Crippen LogP contribution in [0.1, 0.15) is 33.1 Å². The zero-order chi connectivity index (χ0) is 22.7. The van der Waals surface area contributed by atoms with Gasteiger partial charge in [0.1, 0.15) is 12.0 Å². The van der Waals surface area contributed by atoms with E-state index in [0.29, 0.717) is 28.6 Å². The summed E-state index contributed by atoms with van der Waals surface area (Å²) >= 11 is 0. The largest absolute Gasteiger partial charge is 0.504 e. The van der Waals surface area contributed by atoms with Gasteiger partial charge >= 0.3 is 0 Å². The molecular formula is C26H27NO5. The molecule has 3 aromatic carbocycles. The molecule has 0 spiro atoms. The monoisotopic (exact) mass is 433 g/mol. The van der Waals surface area contributed by atoms with Crippen molar-refractivity contribution in [1.82, 2.24) is 4.90 Å². The quantitative estimate of drug-likeness (QED) is 0.541. The van der Waals surface area contributed by atoms with E-state index < -0.39 is 0 Å². The predicted octanol–water partition coefficient (Wildman–Crippen LogP) is 4.79. The normalized spacial score (nSPS) is 15.7. The molecule has 3 aromatic rings. The summed E-state index contributed by atoms with van der Waals surface area (Å²) in [6, 6.07) is 16.8. The van der Waals surface area contributed by atoms with Gasteiger partial charge in [-0.2, -0.15) is 0 Å². The summed E-state index contributed by atoms with van der Waals surface area (Å²) in [5.41, 5.74) is 3.99. The molecule has 1 aliphatic heterocycles. The Hall–Kier alpha value is -3.51. The van der Waals surface area contributed by atoms with Crippen molar-refractivity contribution >= 4 is 6.29 Å². The third kappa shape index (κ3) is 4.41. The van der Waals surface area contributed by atoms with Crippen molar-refractivity contribution < 1.29 is 24.1 Å². The Kier molecular flexibility index (Phi) is 6.32. The van der Waals surface area contributed by atoms with Crippen LogP contribution in [0, 0.1) is 0 Å². The van der Waals surface area contributed by atoms with E-state index in [4.69, 9.17) is 14.2 Å². The zero-order valence-electron chi connectivity index (χ0n) is 18.5. The fraction of sp³-hybridized carbons (Fsp3) is 0.269. The van der Waals surface area contributed by atoms with Crippen LogP contribution in [0.25, 0.3) is 0 Å². The van der Waals surface area contributed by atoms with Crippen molar-refractivity contribution in [3.63, 3.8) is 0 Å². The number of fused-ring (bicyclic) bond motifs is 1. The lowest BCUT2D eigenvalue weighted by molar-refractivity contribution is 0.112. The number of nitrogens with zero attached hydrogens (tertiary/aromatic N) is 1. The van der Waals surface area contributed by atoms with E-state index in [1.807, 2.05) is 30.3 Å². The van der Waals surface area contributed by atoms with Crippen LogP contribution < -0.4 is 14.2 Å². The van der Waals surface area contributed by atoms with Crippen LogP contribution in [0.4, 0.5) is 0 Å². The molecule has 1 unspecified atom stereocenters. The molecule has 166 valence electrons. The standard InChI is InChI=1S/C26H27NO5/c1-27-11-10-19-14-25(31-3)23(29)15-21(19)22(27)12-18-6-9-24(30-2)26(13-18)32-20-7-4-17(16-28)5-8-20/h4-9,13-16,22,29H,10-12H2,1-3H3. The van der Waals surface area contributed by atoms with Crippen LogP contribution >= 0.6 is 0 Å². The Morgan fingerprint density at radius 3 is 2.44 bits per heavy atom. The van der Waals surface area contributed by atoms with Crippen molar-refractivity contribution in [2.45, 2.75) is 18.9 Å². The van der Waals surface area contributed by atoms with Crippen molar-refractivity contribution in [2.24, 2.45) is 0 Å². The third-order valence-electron chi connectivity index (χ3n) is 5.97. The van der Waals surface area contributed by atoms with E-state index in [0.717, 1.165) is 36.8 Å². The molecule has 1 N–H and O–H groups in total. The van der Waals surface area contributed by atoms with E-state index in [2.05, 4.69) is 11.9 Å². The van der Waals surface area contributed by atoms with Crippen LogP contribution in [-0.2, 0) is 12.8 Å². The molecule has 0 amide bonds. The molecule has 0 bridgehead atoms. The SMILES string of the molecule is COc1cc2c(cc1O)C(Cc1ccc(OC)c(Oc3ccc(C=O)cc3)c1)N(C)CC2. The van der Waals surface area contributed by atoms with Gasteiger partial charge in [-0.25, -0.2) is 0 Å². The summed E-state index contributed by atoms with van der Waals surface area (Å²) in [4.78, 5) is 13.2. The second-order valence-electron chi connectivity index (χ2n) is 7.95. The second kappa shape index (κ2) is 9.32. The van der Waals surface area contributed by atoms with Crippen molar-refractivity contribution in [3.8, 4) is 28.7 Å². The highest BCUT2D eigenvalue weighted by molar-refractivity contribution is 5.74. The second-order valence-corrected chi connectivity index (χ2v) is 7.95. The highest BCUT2D eigenvalue weighted by Crippen LogP contribution is 2.40. The van der Waals surface area contributed by atoms with E-state index in [1.54, 1.807) is 38.5 Å². The summed E-state index contributed by atoms with van der Waals surface area (Å²) in [6.07, 6.45) is 2.46. The van der Waals surface area contributed by atoms with Crippen LogP contribution in [0.5, 0.6) is 28.7 Å². The molecule has 32 heavy (non-hydrogen) atoms. The van der Waals surface area contributed by atoms with Gasteiger partial charge in [0.05, 0.1) is 14.2 Å². The lowest BCUT2D eigenvalue weighted by atomic mass is 9.88. The first kappa shape index (κ1) is 21.7. The number of aldehydes is 1. The minimum Gasteiger partial charge on any atom is -0.504 e. The fourth-order valence-electron chi connectivity index (χ4n) is 4.17. The number of methoxy groups -OCH3 is 2. The number of benzene rings is 3. The van der Waals surface area contributed by atoms with E-state index in [1.165, 1.54) is 5.56 Å². The van der Waals surface area contributed by atoms with Gasteiger partial charge in [-0.3, -0.25) is 9.69 Å². The molecule has 0 saturated carbocycles. The zero-order valence-corrected chi connectivity index (χ0v) is 18.5. The summed E-state index contributed by atoms with van der Waals surface area (Å²) in [7, 11) is 5.28. The van der Waals surface area contributed by atoms with Gasteiger partial charge in [-0.1, -0.05) is 6.07 Å². The first-order valence-electron chi connectivity index (χ1n) is 10.5. The van der Waals surface area contributed by atoms with Crippen molar-refractivity contribution in [3.05, 3.63) is 76.9 Å². The van der Waals surface area contributed by atoms with Gasteiger partial charge in [-0.15, -0.1) is 0 Å². The Labute approximate surface area is 188 Å². The van der Waals surface area contributed by atoms with Crippen LogP contribution in [0.3, 0.4) is 0 Å². The molecule has 6 nitrogen and oxygen atoms in total. The van der Waals surface area contributed by atoms with Crippen molar-refractivity contribution in [2.75, 3.05) is 27.8 Å². The van der Waals surface area contributed by atoms with Crippen LogP contribution in [-0.4, -0.2) is 44.1 Å². The number of hydrogen-bond donors (Lipinski definition) is 1. The fourth-order valence-corrected chi connectivity index (χ4v) is 4.17. The van der Waals surface area contributed by atoms with Crippen LogP contribution in [0.2, 0.25) is 0 Å². The maximum atomic E-state index is 10.9. The van der Waals surface area contributed by atoms with Crippen molar-refractivity contribution in [1.29, 1.82) is 0 Å². The molecule has 1 heterocycles. The number of aromatic hydroxyl groups is 1. The van der Waals surface area contributed by atoms with E-state index in [-0.39, 0.29) is 11.8 Å². The van der Waals surface area contributed by atoms with Gasteiger partial charge in [0.15, 0.2) is 23.0 Å². The predicted molar refractivity (Wildman–Crippen MR) is 122 cm³/mol. The molecule has 4 rings (SSSR count). The maximum absolute atomic E-state index is 10.9. The highest BCUT2D eigenvalue weighted by atomic mass is 16.5. The van der Waals surface area contributed by atoms with E-state index in [9.17, 15) is 9.90 Å². The Morgan fingerprint density at radius 1 is 1.00 bits per heavy atom. The lowest BCUT2D eigenvalue weighted by Gasteiger charge is -2.35. The number of carbonyl (C=O) groups is 1. The minimum absolute atomic E-state index is 0.115. The number of ether oxygens (including phenoxy) is 3. The molecule has 0 fully saturated rings. The summed E-state index contributed by atoms with van der Waals surface area (Å²) in [5.74, 6) is 2.54. The number of hydrogen-bond acceptors (Lipinski definition) is 6. The molecule has 1 atom stereocenters. The van der Waals surface area contributed by atoms with Gasteiger partial charge in [-0.05, 0) is 85.1 Å². The summed E-state index contributed by atoms with van der Waals surface area (Å²) in [5, 5.41) is 10.3. The first-order valence-corrected chi connectivity index (χ1v) is 10.5. The Bertz CT molecular complexity index is 1110. The molecule has 0 aromatic heterocycles. The number of phenols is 1. The smallest absolute Gasteiger partial charge is 0.169 e. The number of rotatable bonds is 7. The van der Waals surface area contributed by atoms with Gasteiger partial charge in [0.25, 0.3) is 0 Å². The topological polar surface area (TPSA) is 68.2 Å². The summed E-state index contributed by atoms with van der Waals surface area (Å²) in [6.45, 7) is 0.925. The van der Waals surface area contributed by atoms with Gasteiger partial charge in [0, 0.05) is 18.2 Å². The van der Waals surface area contributed by atoms with Gasteiger partial charge < -0.3 is 19.3 Å². The maximum Gasteiger partial charge on any atom is 0.169 e. The minimum atomic E-state index is 0.115. The Morgan fingerprint density at radius 2 is 1.75 bits per heavy atom. The third-order valence-corrected chi connectivity index (χ3v) is 5.97. The number of phenolic OH excluding ortho intramolecular Hbond substituents is 1. The molecular weight excluding hydrogens is 406 g/mol. The number of carbonyl (C=O) groups excluding carboxylic acids is 1. The molecule has 6 heteroatoms. The average Bonchev–Trinajstić information content (AvgIpc) is 2.81.